The summed E-state index contributed by atoms with van der Waals surface area (Å²) in [4.78, 5) is 13.2. The standard InChI is InChI=1S/C17H15BrFNO5S/c1-11-2-5-14(6-3-11)26(22,23)24-10-13-9-20(17(21)25-13)12-4-7-15(18)16(19)8-12/h2-8,13H,9-10H2,1H3/t13-/m1/s1. The van der Waals surface area contributed by atoms with Crippen molar-refractivity contribution in [2.24, 2.45) is 0 Å². The average molecular weight is 444 g/mol. The fraction of sp³-hybridized carbons (Fsp3) is 0.235. The number of hydrogen-bond acceptors (Lipinski definition) is 5. The Bertz CT molecular complexity index is 933. The Hall–Kier alpha value is -1.97. The molecule has 0 unspecified atom stereocenters. The first-order chi connectivity index (χ1) is 12.3. The molecule has 1 heterocycles. The van der Waals surface area contributed by atoms with Gasteiger partial charge in [0, 0.05) is 0 Å². The van der Waals surface area contributed by atoms with Gasteiger partial charge in [0.2, 0.25) is 0 Å². The maximum absolute atomic E-state index is 13.6. The van der Waals surface area contributed by atoms with Gasteiger partial charge in [-0.05, 0) is 53.2 Å². The Morgan fingerprint density at radius 2 is 1.96 bits per heavy atom. The Balaban J connectivity index is 1.65. The summed E-state index contributed by atoms with van der Waals surface area (Å²) in [6, 6.07) is 10.4. The van der Waals surface area contributed by atoms with E-state index in [1.165, 1.54) is 29.2 Å². The van der Waals surface area contributed by atoms with Gasteiger partial charge in [-0.15, -0.1) is 0 Å². The van der Waals surface area contributed by atoms with Gasteiger partial charge in [0.25, 0.3) is 10.1 Å². The molecule has 1 fully saturated rings. The summed E-state index contributed by atoms with van der Waals surface area (Å²) in [6.07, 6.45) is -1.47. The molecule has 2 aromatic carbocycles. The molecule has 26 heavy (non-hydrogen) atoms. The highest BCUT2D eigenvalue weighted by molar-refractivity contribution is 9.10. The summed E-state index contributed by atoms with van der Waals surface area (Å²) in [7, 11) is -3.95. The van der Waals surface area contributed by atoms with E-state index >= 15 is 0 Å². The zero-order chi connectivity index (χ0) is 18.9. The van der Waals surface area contributed by atoms with Crippen LogP contribution in [0.25, 0.3) is 0 Å². The SMILES string of the molecule is Cc1ccc(S(=O)(=O)OC[C@H]2CN(c3ccc(Br)c(F)c3)C(=O)O2)cc1. The highest BCUT2D eigenvalue weighted by Crippen LogP contribution is 2.26. The summed E-state index contributed by atoms with van der Waals surface area (Å²) in [5, 5.41) is 0. The molecule has 6 nitrogen and oxygen atoms in total. The number of benzene rings is 2. The number of carbonyl (C=O) groups is 1. The fourth-order valence-corrected chi connectivity index (χ4v) is 3.59. The maximum Gasteiger partial charge on any atom is 0.414 e. The van der Waals surface area contributed by atoms with Crippen molar-refractivity contribution in [1.82, 2.24) is 0 Å². The molecule has 2 aromatic rings. The zero-order valence-corrected chi connectivity index (χ0v) is 16.1. The van der Waals surface area contributed by atoms with Crippen LogP contribution in [0.2, 0.25) is 0 Å². The first-order valence-electron chi connectivity index (χ1n) is 7.65. The number of aryl methyl sites for hydroxylation is 1. The molecule has 3 rings (SSSR count). The van der Waals surface area contributed by atoms with E-state index in [2.05, 4.69) is 15.9 Å². The first kappa shape index (κ1) is 18.8. The lowest BCUT2D eigenvalue weighted by molar-refractivity contribution is 0.107. The second-order valence-corrected chi connectivity index (χ2v) is 8.24. The van der Waals surface area contributed by atoms with Crippen molar-refractivity contribution < 1.29 is 26.5 Å². The fourth-order valence-electron chi connectivity index (χ4n) is 2.41. The molecule has 9 heteroatoms. The van der Waals surface area contributed by atoms with Crippen LogP contribution in [0.5, 0.6) is 0 Å². The largest absolute Gasteiger partial charge is 0.441 e. The van der Waals surface area contributed by atoms with Crippen LogP contribution in [0.15, 0.2) is 51.8 Å². The third kappa shape index (κ3) is 4.05. The molecule has 1 amide bonds. The Morgan fingerprint density at radius 3 is 2.62 bits per heavy atom. The topological polar surface area (TPSA) is 72.9 Å². The van der Waals surface area contributed by atoms with E-state index in [1.54, 1.807) is 18.2 Å². The van der Waals surface area contributed by atoms with Gasteiger partial charge >= 0.3 is 6.09 Å². The number of cyclic esters (lactones) is 1. The van der Waals surface area contributed by atoms with Crippen LogP contribution in [-0.2, 0) is 19.0 Å². The van der Waals surface area contributed by atoms with Gasteiger partial charge in [0.05, 0.1) is 21.6 Å². The number of ether oxygens (including phenoxy) is 1. The van der Waals surface area contributed by atoms with Gasteiger partial charge in [0.1, 0.15) is 18.5 Å². The quantitative estimate of drug-likeness (QED) is 0.659. The molecule has 0 N–H and O–H groups in total. The van der Waals surface area contributed by atoms with E-state index in [0.717, 1.165) is 5.56 Å². The lowest BCUT2D eigenvalue weighted by Gasteiger charge is -2.13. The number of amides is 1. The average Bonchev–Trinajstić information content (AvgIpc) is 2.97. The van der Waals surface area contributed by atoms with Gasteiger partial charge in [-0.2, -0.15) is 8.42 Å². The van der Waals surface area contributed by atoms with Crippen molar-refractivity contribution in [2.45, 2.75) is 17.9 Å². The van der Waals surface area contributed by atoms with Crippen LogP contribution >= 0.6 is 15.9 Å². The number of anilines is 1. The maximum atomic E-state index is 13.6. The smallest absolute Gasteiger partial charge is 0.414 e. The number of hydrogen-bond donors (Lipinski definition) is 0. The molecule has 1 aliphatic heterocycles. The van der Waals surface area contributed by atoms with Crippen molar-refractivity contribution in [3.8, 4) is 0 Å². The minimum Gasteiger partial charge on any atom is -0.441 e. The Labute approximate surface area is 158 Å². The predicted molar refractivity (Wildman–Crippen MR) is 96.0 cm³/mol. The molecule has 0 aliphatic carbocycles. The van der Waals surface area contributed by atoms with Gasteiger partial charge < -0.3 is 4.74 Å². The van der Waals surface area contributed by atoms with Crippen LogP contribution in [0, 0.1) is 12.7 Å². The van der Waals surface area contributed by atoms with Crippen LogP contribution < -0.4 is 4.90 Å². The molecular weight excluding hydrogens is 429 g/mol. The highest BCUT2D eigenvalue weighted by Gasteiger charge is 2.34. The van der Waals surface area contributed by atoms with Crippen molar-refractivity contribution in [3.63, 3.8) is 0 Å². The van der Waals surface area contributed by atoms with Crippen LogP contribution in [-0.4, -0.2) is 33.8 Å². The minimum absolute atomic E-state index is 0.0271. The van der Waals surface area contributed by atoms with Crippen LogP contribution in [0.3, 0.4) is 0 Å². The first-order valence-corrected chi connectivity index (χ1v) is 9.86. The van der Waals surface area contributed by atoms with E-state index < -0.39 is 28.1 Å². The van der Waals surface area contributed by atoms with E-state index in [0.29, 0.717) is 5.69 Å². The molecule has 0 bridgehead atoms. The van der Waals surface area contributed by atoms with E-state index in [4.69, 9.17) is 8.92 Å². The zero-order valence-electron chi connectivity index (χ0n) is 13.7. The van der Waals surface area contributed by atoms with E-state index in [1.807, 2.05) is 6.92 Å². The Kier molecular flexibility index (Phi) is 5.31. The second kappa shape index (κ2) is 7.34. The molecule has 0 radical (unpaired) electrons. The summed E-state index contributed by atoms with van der Waals surface area (Å²) < 4.78 is 48.4. The number of carbonyl (C=O) groups excluding carboxylic acids is 1. The van der Waals surface area contributed by atoms with Crippen molar-refractivity contribution >= 4 is 37.8 Å². The molecule has 0 aromatic heterocycles. The third-order valence-electron chi connectivity index (χ3n) is 3.81. The molecule has 1 saturated heterocycles. The van der Waals surface area contributed by atoms with Gasteiger partial charge in [-0.3, -0.25) is 9.08 Å². The molecule has 1 aliphatic rings. The van der Waals surface area contributed by atoms with Crippen molar-refractivity contribution in [2.75, 3.05) is 18.1 Å². The summed E-state index contributed by atoms with van der Waals surface area (Å²) >= 11 is 3.04. The molecular formula is C17H15BrFNO5S. The lowest BCUT2D eigenvalue weighted by Crippen LogP contribution is -2.26. The second-order valence-electron chi connectivity index (χ2n) is 5.77. The molecule has 138 valence electrons. The molecule has 0 spiro atoms. The van der Waals surface area contributed by atoms with Gasteiger partial charge in [-0.1, -0.05) is 17.7 Å². The predicted octanol–water partition coefficient (Wildman–Crippen LogP) is 3.63. The monoisotopic (exact) mass is 443 g/mol. The molecule has 1 atom stereocenters. The van der Waals surface area contributed by atoms with Crippen molar-refractivity contribution in [1.29, 1.82) is 0 Å². The van der Waals surface area contributed by atoms with E-state index in [-0.39, 0.29) is 22.5 Å². The minimum atomic E-state index is -3.95. The third-order valence-corrected chi connectivity index (χ3v) is 5.75. The number of rotatable bonds is 5. The van der Waals surface area contributed by atoms with E-state index in [9.17, 15) is 17.6 Å². The summed E-state index contributed by atoms with van der Waals surface area (Å²) in [5.74, 6) is -0.517. The lowest BCUT2D eigenvalue weighted by atomic mass is 10.2. The van der Waals surface area contributed by atoms with Crippen molar-refractivity contribution in [3.05, 3.63) is 58.3 Å². The Morgan fingerprint density at radius 1 is 1.27 bits per heavy atom. The van der Waals surface area contributed by atoms with Gasteiger partial charge in [0.15, 0.2) is 0 Å². The normalized spacial score (nSPS) is 17.4. The van der Waals surface area contributed by atoms with Crippen LogP contribution in [0.4, 0.5) is 14.9 Å². The summed E-state index contributed by atoms with van der Waals surface area (Å²) in [5.41, 5.74) is 1.24. The summed E-state index contributed by atoms with van der Waals surface area (Å²) in [6.45, 7) is 1.58. The van der Waals surface area contributed by atoms with Gasteiger partial charge in [-0.25, -0.2) is 9.18 Å². The molecule has 0 saturated carbocycles. The number of halogens is 2. The highest BCUT2D eigenvalue weighted by atomic mass is 79.9. The number of nitrogens with zero attached hydrogens (tertiary/aromatic N) is 1. The van der Waals surface area contributed by atoms with Crippen LogP contribution in [0.1, 0.15) is 5.56 Å².